The lowest BCUT2D eigenvalue weighted by atomic mass is 9.95. The minimum Gasteiger partial charge on any atom is -0.478 e. The van der Waals surface area contributed by atoms with Crippen molar-refractivity contribution in [3.8, 4) is 0 Å². The topological polar surface area (TPSA) is 49.8 Å². The molecule has 2 atom stereocenters. The van der Waals surface area contributed by atoms with E-state index in [9.17, 15) is 9.18 Å². The molecule has 1 heterocycles. The number of benzene rings is 1. The predicted octanol–water partition coefficient (Wildman–Crippen LogP) is 2.78. The molecule has 0 radical (unpaired) electrons. The molecule has 1 aliphatic rings. The minimum absolute atomic E-state index is 0.102. The quantitative estimate of drug-likeness (QED) is 0.867. The molecule has 21 heavy (non-hydrogen) atoms. The fourth-order valence-electron chi connectivity index (χ4n) is 2.61. The highest BCUT2D eigenvalue weighted by atomic mass is 19.1. The maximum Gasteiger partial charge on any atom is 0.328 e. The molecule has 1 aromatic rings. The van der Waals surface area contributed by atoms with Crippen molar-refractivity contribution in [2.24, 2.45) is 5.92 Å². The Labute approximate surface area is 123 Å². The summed E-state index contributed by atoms with van der Waals surface area (Å²) in [7, 11) is 1.68. The maximum atomic E-state index is 14.2. The molecule has 1 saturated heterocycles. The third kappa shape index (κ3) is 3.82. The number of carboxylic acids is 1. The normalized spacial score (nSPS) is 22.7. The van der Waals surface area contributed by atoms with Gasteiger partial charge in [-0.2, -0.15) is 0 Å². The van der Waals surface area contributed by atoms with Crippen molar-refractivity contribution in [3.05, 3.63) is 35.7 Å². The van der Waals surface area contributed by atoms with Gasteiger partial charge in [-0.05, 0) is 36.1 Å². The molecule has 5 heteroatoms. The molecule has 0 aromatic heterocycles. The van der Waals surface area contributed by atoms with Crippen LogP contribution in [0.15, 0.2) is 24.3 Å². The van der Waals surface area contributed by atoms with Gasteiger partial charge >= 0.3 is 5.97 Å². The molecule has 1 aliphatic heterocycles. The van der Waals surface area contributed by atoms with Gasteiger partial charge in [0.1, 0.15) is 5.82 Å². The van der Waals surface area contributed by atoms with Crippen molar-refractivity contribution in [1.82, 2.24) is 0 Å². The number of hydrogen-bond donors (Lipinski definition) is 1. The van der Waals surface area contributed by atoms with Crippen LogP contribution >= 0.6 is 0 Å². The van der Waals surface area contributed by atoms with E-state index in [0.29, 0.717) is 23.7 Å². The van der Waals surface area contributed by atoms with E-state index in [1.807, 2.05) is 4.90 Å². The number of piperidine rings is 1. The van der Waals surface area contributed by atoms with Crippen LogP contribution in [-0.2, 0) is 9.53 Å². The summed E-state index contributed by atoms with van der Waals surface area (Å²) in [5, 5.41) is 8.58. The second-order valence-corrected chi connectivity index (χ2v) is 5.37. The Morgan fingerprint density at radius 2 is 2.29 bits per heavy atom. The lowest BCUT2D eigenvalue weighted by Gasteiger charge is -2.37. The summed E-state index contributed by atoms with van der Waals surface area (Å²) in [6, 6.07) is 4.77. The van der Waals surface area contributed by atoms with Crippen LogP contribution in [0.5, 0.6) is 0 Å². The molecule has 114 valence electrons. The van der Waals surface area contributed by atoms with Gasteiger partial charge in [-0.15, -0.1) is 0 Å². The van der Waals surface area contributed by atoms with E-state index in [1.165, 1.54) is 12.1 Å². The van der Waals surface area contributed by atoms with Gasteiger partial charge in [0.05, 0.1) is 11.8 Å². The fourth-order valence-corrected chi connectivity index (χ4v) is 2.61. The van der Waals surface area contributed by atoms with Gasteiger partial charge < -0.3 is 14.7 Å². The lowest BCUT2D eigenvalue weighted by molar-refractivity contribution is -0.131. The number of hydrogen-bond acceptors (Lipinski definition) is 3. The molecule has 0 bridgehead atoms. The zero-order valence-corrected chi connectivity index (χ0v) is 12.3. The number of carbonyl (C=O) groups is 1. The highest BCUT2D eigenvalue weighted by Gasteiger charge is 2.27. The third-order valence-corrected chi connectivity index (χ3v) is 3.92. The van der Waals surface area contributed by atoms with Gasteiger partial charge in [0.25, 0.3) is 0 Å². The molecule has 2 unspecified atom stereocenters. The third-order valence-electron chi connectivity index (χ3n) is 3.92. The summed E-state index contributed by atoms with van der Waals surface area (Å²) in [6.07, 6.45) is 3.44. The Kier molecular flexibility index (Phi) is 4.96. The van der Waals surface area contributed by atoms with Crippen LogP contribution in [0, 0.1) is 11.7 Å². The first-order chi connectivity index (χ1) is 10.0. The average Bonchev–Trinajstić information content (AvgIpc) is 2.46. The van der Waals surface area contributed by atoms with E-state index in [1.54, 1.807) is 19.2 Å². The van der Waals surface area contributed by atoms with Crippen molar-refractivity contribution in [1.29, 1.82) is 0 Å². The van der Waals surface area contributed by atoms with Gasteiger partial charge in [-0.25, -0.2) is 9.18 Å². The summed E-state index contributed by atoms with van der Waals surface area (Å²) in [4.78, 5) is 12.4. The van der Waals surface area contributed by atoms with Crippen molar-refractivity contribution >= 4 is 17.7 Å². The van der Waals surface area contributed by atoms with E-state index < -0.39 is 5.97 Å². The number of anilines is 1. The first-order valence-electron chi connectivity index (χ1n) is 6.99. The van der Waals surface area contributed by atoms with Crippen LogP contribution in [0.2, 0.25) is 0 Å². The summed E-state index contributed by atoms with van der Waals surface area (Å²) in [5.74, 6) is -0.925. The van der Waals surface area contributed by atoms with Crippen molar-refractivity contribution in [3.63, 3.8) is 0 Å². The fraction of sp³-hybridized carbons (Fsp3) is 0.438. The Bertz CT molecular complexity index is 544. The van der Waals surface area contributed by atoms with Crippen molar-refractivity contribution in [2.45, 2.75) is 19.4 Å². The first-order valence-corrected chi connectivity index (χ1v) is 6.99. The number of halogens is 1. The van der Waals surface area contributed by atoms with Crippen molar-refractivity contribution < 1.29 is 19.0 Å². The summed E-state index contributed by atoms with van der Waals surface area (Å²) in [6.45, 7) is 3.60. The summed E-state index contributed by atoms with van der Waals surface area (Å²) >= 11 is 0. The highest BCUT2D eigenvalue weighted by Crippen LogP contribution is 2.27. The number of rotatable bonds is 4. The number of carboxylic acid groups (broad SMARTS) is 1. The van der Waals surface area contributed by atoms with E-state index in [4.69, 9.17) is 9.84 Å². The molecule has 0 saturated carbocycles. The Hall–Kier alpha value is -1.88. The number of nitrogens with zero attached hydrogens (tertiary/aromatic N) is 1. The Morgan fingerprint density at radius 3 is 2.90 bits per heavy atom. The Balaban J connectivity index is 2.15. The smallest absolute Gasteiger partial charge is 0.328 e. The van der Waals surface area contributed by atoms with Crippen LogP contribution in [0.25, 0.3) is 6.08 Å². The molecule has 4 nitrogen and oxygen atoms in total. The molecular weight excluding hydrogens is 273 g/mol. The standard InChI is InChI=1S/C16H20FNO3/c1-11-7-8-18(10-15(11)21-2)14-5-3-12(9-13(14)17)4-6-16(19)20/h3-6,9,11,15H,7-8,10H2,1-2H3,(H,19,20)/b6-4+. The molecule has 1 fully saturated rings. The van der Waals surface area contributed by atoms with E-state index in [-0.39, 0.29) is 11.9 Å². The lowest BCUT2D eigenvalue weighted by Crippen LogP contribution is -2.44. The van der Waals surface area contributed by atoms with Crippen molar-refractivity contribution in [2.75, 3.05) is 25.1 Å². The number of methoxy groups -OCH3 is 1. The maximum absolute atomic E-state index is 14.2. The second-order valence-electron chi connectivity index (χ2n) is 5.37. The molecule has 2 rings (SSSR count). The Morgan fingerprint density at radius 1 is 1.52 bits per heavy atom. The van der Waals surface area contributed by atoms with Crippen LogP contribution in [0.4, 0.5) is 10.1 Å². The zero-order chi connectivity index (χ0) is 15.4. The second kappa shape index (κ2) is 6.72. The van der Waals surface area contributed by atoms with Gasteiger partial charge in [-0.1, -0.05) is 13.0 Å². The van der Waals surface area contributed by atoms with Crippen LogP contribution in [0.3, 0.4) is 0 Å². The molecule has 0 amide bonds. The van der Waals surface area contributed by atoms with Gasteiger partial charge in [0.15, 0.2) is 0 Å². The van der Waals surface area contributed by atoms with E-state index >= 15 is 0 Å². The first kappa shape index (κ1) is 15.5. The van der Waals surface area contributed by atoms with Crippen LogP contribution < -0.4 is 4.90 Å². The van der Waals surface area contributed by atoms with E-state index in [0.717, 1.165) is 19.0 Å². The summed E-state index contributed by atoms with van der Waals surface area (Å²) < 4.78 is 19.7. The highest BCUT2D eigenvalue weighted by molar-refractivity contribution is 5.85. The molecular formula is C16H20FNO3. The van der Waals surface area contributed by atoms with Gasteiger partial charge in [0, 0.05) is 26.3 Å². The van der Waals surface area contributed by atoms with Gasteiger partial charge in [0.2, 0.25) is 0 Å². The average molecular weight is 293 g/mol. The predicted molar refractivity (Wildman–Crippen MR) is 79.9 cm³/mol. The number of aliphatic carboxylic acids is 1. The minimum atomic E-state index is -1.05. The summed E-state index contributed by atoms with van der Waals surface area (Å²) in [5.41, 5.74) is 1.07. The molecule has 0 aliphatic carbocycles. The van der Waals surface area contributed by atoms with Crippen LogP contribution in [0.1, 0.15) is 18.9 Å². The largest absolute Gasteiger partial charge is 0.478 e. The number of ether oxygens (including phenoxy) is 1. The van der Waals surface area contributed by atoms with E-state index in [2.05, 4.69) is 6.92 Å². The monoisotopic (exact) mass is 293 g/mol. The molecule has 1 N–H and O–H groups in total. The molecule has 1 aromatic carbocycles. The SMILES string of the molecule is COC1CN(c2ccc(/C=C/C(=O)O)cc2F)CCC1C. The molecule has 0 spiro atoms. The zero-order valence-electron chi connectivity index (χ0n) is 12.3. The van der Waals surface area contributed by atoms with Gasteiger partial charge in [-0.3, -0.25) is 0 Å². The van der Waals surface area contributed by atoms with Crippen LogP contribution in [-0.4, -0.2) is 37.4 Å².